The van der Waals surface area contributed by atoms with E-state index < -0.39 is 10.0 Å². The lowest BCUT2D eigenvalue weighted by Gasteiger charge is -2.09. The molecule has 0 aliphatic heterocycles. The van der Waals surface area contributed by atoms with Gasteiger partial charge in [-0.2, -0.15) is 0 Å². The van der Waals surface area contributed by atoms with E-state index in [0.717, 1.165) is 6.26 Å². The molecule has 0 bridgehead atoms. The topological polar surface area (TPSA) is 102 Å². The van der Waals surface area contributed by atoms with Crippen molar-refractivity contribution in [3.05, 3.63) is 88.9 Å². The monoisotopic (exact) mass is 458 g/mol. The number of carbonyl (C=O) groups is 2. The standard InChI is InChI=1S/C22H19ClN2O5S/c1-31(28,29)25-19-10-8-18(9-11-19)24-21(26)14-30-20-12-4-16(5-13-20)22(27)15-2-6-17(23)7-3-15/h2-13,25H,14H2,1H3,(H,24,26). The largest absolute Gasteiger partial charge is 0.484 e. The lowest BCUT2D eigenvalue weighted by Crippen LogP contribution is -2.20. The number of rotatable bonds is 8. The van der Waals surface area contributed by atoms with Gasteiger partial charge in [-0.3, -0.25) is 14.3 Å². The highest BCUT2D eigenvalue weighted by Gasteiger charge is 2.10. The highest BCUT2D eigenvalue weighted by Crippen LogP contribution is 2.18. The van der Waals surface area contributed by atoms with Crippen molar-refractivity contribution in [3.8, 4) is 5.75 Å². The summed E-state index contributed by atoms with van der Waals surface area (Å²) < 4.78 is 30.2. The Labute approximate surface area is 185 Å². The van der Waals surface area contributed by atoms with Gasteiger partial charge in [-0.15, -0.1) is 0 Å². The molecular weight excluding hydrogens is 440 g/mol. The van der Waals surface area contributed by atoms with Gasteiger partial charge >= 0.3 is 0 Å². The fourth-order valence-electron chi connectivity index (χ4n) is 2.65. The van der Waals surface area contributed by atoms with Crippen molar-refractivity contribution >= 4 is 44.7 Å². The van der Waals surface area contributed by atoms with Crippen LogP contribution in [0.2, 0.25) is 5.02 Å². The second-order valence-electron chi connectivity index (χ2n) is 6.65. The summed E-state index contributed by atoms with van der Waals surface area (Å²) in [6.07, 6.45) is 1.06. The smallest absolute Gasteiger partial charge is 0.262 e. The Hall–Kier alpha value is -3.36. The van der Waals surface area contributed by atoms with E-state index in [1.54, 1.807) is 60.7 Å². The Bertz CT molecular complexity index is 1180. The Morgan fingerprint density at radius 3 is 1.90 bits per heavy atom. The highest BCUT2D eigenvalue weighted by atomic mass is 35.5. The van der Waals surface area contributed by atoms with Gasteiger partial charge in [0.1, 0.15) is 5.75 Å². The predicted molar refractivity (Wildman–Crippen MR) is 120 cm³/mol. The van der Waals surface area contributed by atoms with E-state index in [2.05, 4.69) is 10.0 Å². The number of nitrogens with one attached hydrogen (secondary N) is 2. The Morgan fingerprint density at radius 2 is 1.35 bits per heavy atom. The maximum Gasteiger partial charge on any atom is 0.262 e. The van der Waals surface area contributed by atoms with E-state index in [9.17, 15) is 18.0 Å². The summed E-state index contributed by atoms with van der Waals surface area (Å²) >= 11 is 5.84. The summed E-state index contributed by atoms with van der Waals surface area (Å²) in [7, 11) is -3.36. The number of halogens is 1. The van der Waals surface area contributed by atoms with E-state index in [4.69, 9.17) is 16.3 Å². The van der Waals surface area contributed by atoms with E-state index in [1.807, 2.05) is 0 Å². The molecule has 3 rings (SSSR count). The molecule has 160 valence electrons. The summed E-state index contributed by atoms with van der Waals surface area (Å²) in [6, 6.07) is 19.3. The minimum atomic E-state index is -3.36. The van der Waals surface area contributed by atoms with Gasteiger partial charge in [0.05, 0.1) is 6.26 Å². The van der Waals surface area contributed by atoms with Crippen molar-refractivity contribution in [1.29, 1.82) is 0 Å². The van der Waals surface area contributed by atoms with E-state index in [1.165, 1.54) is 12.1 Å². The normalized spacial score (nSPS) is 10.9. The first-order chi connectivity index (χ1) is 14.7. The lowest BCUT2D eigenvalue weighted by molar-refractivity contribution is -0.118. The predicted octanol–water partition coefficient (Wildman–Crippen LogP) is 3.96. The van der Waals surface area contributed by atoms with Gasteiger partial charge in [-0.1, -0.05) is 11.6 Å². The molecule has 0 unspecified atom stereocenters. The maximum absolute atomic E-state index is 12.5. The molecule has 2 N–H and O–H groups in total. The number of hydrogen-bond donors (Lipinski definition) is 2. The molecule has 1 amide bonds. The Kier molecular flexibility index (Phi) is 6.94. The van der Waals surface area contributed by atoms with Crippen LogP contribution in [0, 0.1) is 0 Å². The molecule has 0 heterocycles. The van der Waals surface area contributed by atoms with Crippen LogP contribution >= 0.6 is 11.6 Å². The number of ketones is 1. The molecule has 0 aliphatic carbocycles. The molecule has 0 radical (unpaired) electrons. The number of carbonyl (C=O) groups excluding carboxylic acids is 2. The van der Waals surface area contributed by atoms with Gasteiger partial charge in [-0.25, -0.2) is 8.42 Å². The molecule has 0 aliphatic rings. The summed E-state index contributed by atoms with van der Waals surface area (Å²) in [5.74, 6) is -0.0876. The number of sulfonamides is 1. The van der Waals surface area contributed by atoms with Crippen LogP contribution in [-0.4, -0.2) is 33.0 Å². The van der Waals surface area contributed by atoms with Crippen LogP contribution in [0.3, 0.4) is 0 Å². The number of benzene rings is 3. The van der Waals surface area contributed by atoms with Gasteiger partial charge in [0.25, 0.3) is 5.91 Å². The van der Waals surface area contributed by atoms with Crippen molar-refractivity contribution in [2.45, 2.75) is 0 Å². The molecule has 0 saturated carbocycles. The van der Waals surface area contributed by atoms with Gasteiger partial charge in [0.2, 0.25) is 10.0 Å². The van der Waals surface area contributed by atoms with Crippen molar-refractivity contribution in [2.24, 2.45) is 0 Å². The molecule has 31 heavy (non-hydrogen) atoms. The van der Waals surface area contributed by atoms with Crippen LogP contribution in [0.1, 0.15) is 15.9 Å². The average Bonchev–Trinajstić information content (AvgIpc) is 2.73. The third kappa shape index (κ3) is 6.84. The van der Waals surface area contributed by atoms with Crippen molar-refractivity contribution in [1.82, 2.24) is 0 Å². The lowest BCUT2D eigenvalue weighted by atomic mass is 10.0. The zero-order valence-electron chi connectivity index (χ0n) is 16.5. The molecule has 7 nitrogen and oxygen atoms in total. The number of hydrogen-bond acceptors (Lipinski definition) is 5. The van der Waals surface area contributed by atoms with Crippen LogP contribution in [-0.2, 0) is 14.8 Å². The average molecular weight is 459 g/mol. The summed E-state index contributed by atoms with van der Waals surface area (Å²) in [6.45, 7) is -0.228. The zero-order valence-corrected chi connectivity index (χ0v) is 18.0. The van der Waals surface area contributed by atoms with Crippen LogP contribution < -0.4 is 14.8 Å². The minimum Gasteiger partial charge on any atom is -0.484 e. The highest BCUT2D eigenvalue weighted by molar-refractivity contribution is 7.92. The first-order valence-electron chi connectivity index (χ1n) is 9.10. The van der Waals surface area contributed by atoms with E-state index in [0.29, 0.717) is 33.3 Å². The first-order valence-corrected chi connectivity index (χ1v) is 11.4. The van der Waals surface area contributed by atoms with Crippen LogP contribution in [0.5, 0.6) is 5.75 Å². The van der Waals surface area contributed by atoms with Gasteiger partial charge < -0.3 is 10.1 Å². The van der Waals surface area contributed by atoms with Crippen LogP contribution in [0.15, 0.2) is 72.8 Å². The number of anilines is 2. The van der Waals surface area contributed by atoms with Crippen LogP contribution in [0.25, 0.3) is 0 Å². The number of ether oxygens (including phenoxy) is 1. The minimum absolute atomic E-state index is 0.144. The van der Waals surface area contributed by atoms with Crippen molar-refractivity contribution < 1.29 is 22.7 Å². The maximum atomic E-state index is 12.5. The molecule has 0 atom stereocenters. The number of amides is 1. The second kappa shape index (κ2) is 9.63. The van der Waals surface area contributed by atoms with Crippen molar-refractivity contribution in [2.75, 3.05) is 22.9 Å². The second-order valence-corrected chi connectivity index (χ2v) is 8.83. The van der Waals surface area contributed by atoms with Gasteiger partial charge in [0.15, 0.2) is 12.4 Å². The molecule has 0 aromatic heterocycles. The molecule has 3 aromatic rings. The van der Waals surface area contributed by atoms with Crippen LogP contribution in [0.4, 0.5) is 11.4 Å². The zero-order chi connectivity index (χ0) is 22.4. The molecule has 0 spiro atoms. The summed E-state index contributed by atoms with van der Waals surface area (Å²) in [5.41, 5.74) is 1.90. The molecular formula is C22H19ClN2O5S. The summed E-state index contributed by atoms with van der Waals surface area (Å²) in [5, 5.41) is 3.21. The third-order valence-corrected chi connectivity index (χ3v) is 4.92. The fourth-order valence-corrected chi connectivity index (χ4v) is 3.34. The SMILES string of the molecule is CS(=O)(=O)Nc1ccc(NC(=O)COc2ccc(C(=O)c3ccc(Cl)cc3)cc2)cc1. The van der Waals surface area contributed by atoms with Gasteiger partial charge in [0, 0.05) is 27.5 Å². The van der Waals surface area contributed by atoms with Gasteiger partial charge in [-0.05, 0) is 72.8 Å². The first kappa shape index (κ1) is 22.3. The quantitative estimate of drug-likeness (QED) is 0.497. The van der Waals surface area contributed by atoms with Crippen molar-refractivity contribution in [3.63, 3.8) is 0 Å². The van der Waals surface area contributed by atoms with E-state index >= 15 is 0 Å². The molecule has 0 saturated heterocycles. The summed E-state index contributed by atoms with van der Waals surface area (Å²) in [4.78, 5) is 24.5. The van der Waals surface area contributed by atoms with E-state index in [-0.39, 0.29) is 18.3 Å². The Morgan fingerprint density at radius 1 is 0.839 bits per heavy atom. The fraction of sp³-hybridized carbons (Fsp3) is 0.0909. The molecule has 9 heteroatoms. The molecule has 3 aromatic carbocycles. The third-order valence-electron chi connectivity index (χ3n) is 4.06. The molecule has 0 fully saturated rings. The Balaban J connectivity index is 1.52.